The molecule has 6 nitrogen and oxygen atoms in total. The first-order chi connectivity index (χ1) is 13.7. The molecule has 0 heterocycles. The van der Waals surface area contributed by atoms with Gasteiger partial charge in [0.2, 0.25) is 0 Å². The Balaban J connectivity index is 2.09. The molecule has 0 saturated carbocycles. The summed E-state index contributed by atoms with van der Waals surface area (Å²) in [7, 11) is -2.83. The Kier molecular flexibility index (Phi) is 5.90. The number of thioether (sulfide) groups is 1. The molecular formula is C20H18FNO5S2. The van der Waals surface area contributed by atoms with E-state index in [-0.39, 0.29) is 33.6 Å². The molecule has 9 heteroatoms. The van der Waals surface area contributed by atoms with Crippen molar-refractivity contribution in [1.29, 1.82) is 0 Å². The zero-order valence-corrected chi connectivity index (χ0v) is 17.0. The topological polar surface area (TPSA) is 95.9 Å². The number of hydrogen-bond acceptors (Lipinski definition) is 6. The van der Waals surface area contributed by atoms with E-state index in [0.29, 0.717) is 15.7 Å². The van der Waals surface area contributed by atoms with Crippen molar-refractivity contribution in [1.82, 2.24) is 0 Å². The van der Waals surface area contributed by atoms with Crippen LogP contribution in [0.3, 0.4) is 0 Å². The molecule has 0 unspecified atom stereocenters. The Morgan fingerprint density at radius 2 is 1.90 bits per heavy atom. The van der Waals surface area contributed by atoms with Gasteiger partial charge in [-0.3, -0.25) is 4.72 Å². The second-order valence-electron chi connectivity index (χ2n) is 6.07. The molecule has 29 heavy (non-hydrogen) atoms. The molecule has 3 rings (SSSR count). The fraction of sp³-hybridized carbons (Fsp3) is 0.100. The molecule has 0 spiro atoms. The third kappa shape index (κ3) is 4.41. The lowest BCUT2D eigenvalue weighted by molar-refractivity contribution is 0.385. The molecule has 0 aliphatic heterocycles. The van der Waals surface area contributed by atoms with E-state index in [4.69, 9.17) is 4.74 Å². The van der Waals surface area contributed by atoms with Gasteiger partial charge in [-0.2, -0.15) is 0 Å². The summed E-state index contributed by atoms with van der Waals surface area (Å²) in [5, 5.41) is 20.8. The fourth-order valence-electron chi connectivity index (χ4n) is 2.70. The first-order valence-corrected chi connectivity index (χ1v) is 10.8. The smallest absolute Gasteiger partial charge is 0.262 e. The molecular weight excluding hydrogens is 417 g/mol. The first-order valence-electron chi connectivity index (χ1n) is 8.33. The molecule has 3 aromatic carbocycles. The van der Waals surface area contributed by atoms with E-state index in [2.05, 4.69) is 11.3 Å². The standard InChI is InChI=1S/C20H18FNO5S2/c1-12(23)11-28-19-10-17(14-5-3-4-6-15(14)20(19)24)22-29(25,26)13-7-8-16(21)18(9-13)27-2/h3-10,22-24H,1,11H2,2H3. The lowest BCUT2D eigenvalue weighted by Gasteiger charge is -2.15. The van der Waals surface area contributed by atoms with E-state index >= 15 is 0 Å². The zero-order chi connectivity index (χ0) is 21.2. The third-order valence-corrected chi connectivity index (χ3v) is 6.52. The Hall–Kier alpha value is -2.91. The van der Waals surface area contributed by atoms with E-state index in [0.717, 1.165) is 30.0 Å². The minimum absolute atomic E-state index is 0.0294. The predicted octanol–water partition coefficient (Wildman–Crippen LogP) is 4.66. The number of fused-ring (bicyclic) bond motifs is 1. The lowest BCUT2D eigenvalue weighted by Crippen LogP contribution is -2.13. The van der Waals surface area contributed by atoms with Crippen molar-refractivity contribution in [2.45, 2.75) is 9.79 Å². The number of rotatable bonds is 7. The quantitative estimate of drug-likeness (QED) is 0.284. The van der Waals surface area contributed by atoms with Gasteiger partial charge in [0.1, 0.15) is 5.75 Å². The van der Waals surface area contributed by atoms with Gasteiger partial charge >= 0.3 is 0 Å². The van der Waals surface area contributed by atoms with Crippen molar-refractivity contribution in [3.8, 4) is 11.5 Å². The predicted molar refractivity (Wildman–Crippen MR) is 112 cm³/mol. The fourth-order valence-corrected chi connectivity index (χ4v) is 4.56. The number of ether oxygens (including phenoxy) is 1. The van der Waals surface area contributed by atoms with Gasteiger partial charge in [0.15, 0.2) is 11.6 Å². The molecule has 0 bridgehead atoms. The molecule has 0 fully saturated rings. The Labute approximate surface area is 171 Å². The molecule has 0 saturated heterocycles. The number of benzene rings is 3. The number of phenolic OH excluding ortho intramolecular Hbond substituents is 1. The average molecular weight is 435 g/mol. The summed E-state index contributed by atoms with van der Waals surface area (Å²) in [5.74, 6) is -0.847. The molecule has 3 aromatic rings. The van der Waals surface area contributed by atoms with Crippen LogP contribution in [0.25, 0.3) is 10.8 Å². The van der Waals surface area contributed by atoms with Gasteiger partial charge in [0.05, 0.1) is 34.1 Å². The van der Waals surface area contributed by atoms with Gasteiger partial charge in [-0.15, -0.1) is 11.8 Å². The van der Waals surface area contributed by atoms with Crippen molar-refractivity contribution < 1.29 is 27.8 Å². The van der Waals surface area contributed by atoms with Gasteiger partial charge < -0.3 is 14.9 Å². The molecule has 0 aromatic heterocycles. The number of halogens is 1. The average Bonchev–Trinajstić information content (AvgIpc) is 2.69. The maximum absolute atomic E-state index is 13.6. The van der Waals surface area contributed by atoms with Crippen molar-refractivity contribution in [2.24, 2.45) is 0 Å². The van der Waals surface area contributed by atoms with Gasteiger partial charge in [0.25, 0.3) is 10.0 Å². The summed E-state index contributed by atoms with van der Waals surface area (Å²) in [6.45, 7) is 3.41. The van der Waals surface area contributed by atoms with Crippen molar-refractivity contribution in [2.75, 3.05) is 17.6 Å². The molecule has 0 radical (unpaired) electrons. The van der Waals surface area contributed by atoms with Crippen LogP contribution in [0, 0.1) is 5.82 Å². The molecule has 0 amide bonds. The van der Waals surface area contributed by atoms with Crippen LogP contribution in [-0.4, -0.2) is 31.5 Å². The lowest BCUT2D eigenvalue weighted by atomic mass is 10.1. The molecule has 152 valence electrons. The number of anilines is 1. The van der Waals surface area contributed by atoms with Crippen LogP contribution in [0.15, 0.2) is 70.7 Å². The van der Waals surface area contributed by atoms with E-state index in [9.17, 15) is 23.0 Å². The second kappa shape index (κ2) is 8.22. The minimum Gasteiger partial charge on any atom is -0.512 e. The minimum atomic E-state index is -4.07. The highest BCUT2D eigenvalue weighted by molar-refractivity contribution is 7.99. The van der Waals surface area contributed by atoms with Crippen LogP contribution in [0.1, 0.15) is 0 Å². The number of hydrogen-bond donors (Lipinski definition) is 3. The zero-order valence-electron chi connectivity index (χ0n) is 15.3. The highest BCUT2D eigenvalue weighted by Crippen LogP contribution is 2.40. The van der Waals surface area contributed by atoms with E-state index in [1.54, 1.807) is 24.3 Å². The number of methoxy groups -OCH3 is 1. The van der Waals surface area contributed by atoms with Gasteiger partial charge in [-0.05, 0) is 18.2 Å². The van der Waals surface area contributed by atoms with Gasteiger partial charge in [0, 0.05) is 16.8 Å². The highest BCUT2D eigenvalue weighted by atomic mass is 32.2. The third-order valence-electron chi connectivity index (χ3n) is 4.05. The summed E-state index contributed by atoms with van der Waals surface area (Å²) in [6, 6.07) is 11.5. The van der Waals surface area contributed by atoms with Crippen molar-refractivity contribution >= 4 is 38.2 Å². The van der Waals surface area contributed by atoms with Crippen LogP contribution in [0.5, 0.6) is 11.5 Å². The molecule has 0 atom stereocenters. The van der Waals surface area contributed by atoms with Gasteiger partial charge in [-0.1, -0.05) is 30.8 Å². The number of phenols is 1. The number of nitrogens with one attached hydrogen (secondary N) is 1. The molecule has 3 N–H and O–H groups in total. The Morgan fingerprint density at radius 3 is 2.55 bits per heavy atom. The van der Waals surface area contributed by atoms with E-state index in [1.165, 1.54) is 13.2 Å². The summed E-state index contributed by atoms with van der Waals surface area (Å²) < 4.78 is 46.7. The van der Waals surface area contributed by atoms with E-state index in [1.807, 2.05) is 0 Å². The summed E-state index contributed by atoms with van der Waals surface area (Å²) >= 11 is 1.11. The van der Waals surface area contributed by atoms with Crippen LogP contribution in [0.4, 0.5) is 10.1 Å². The number of aromatic hydroxyl groups is 1. The highest BCUT2D eigenvalue weighted by Gasteiger charge is 2.20. The first kappa shape index (κ1) is 20.8. The van der Waals surface area contributed by atoms with Crippen molar-refractivity contribution in [3.63, 3.8) is 0 Å². The van der Waals surface area contributed by atoms with Crippen LogP contribution in [-0.2, 0) is 10.0 Å². The second-order valence-corrected chi connectivity index (χ2v) is 8.77. The maximum atomic E-state index is 13.6. The largest absolute Gasteiger partial charge is 0.512 e. The SMILES string of the molecule is C=C(O)CSc1cc(NS(=O)(=O)c2ccc(F)c(OC)c2)c2ccccc2c1O. The summed E-state index contributed by atoms with van der Waals surface area (Å²) in [4.78, 5) is 0.194. The molecule has 0 aliphatic carbocycles. The van der Waals surface area contributed by atoms with E-state index < -0.39 is 15.8 Å². The van der Waals surface area contributed by atoms with Gasteiger partial charge in [-0.25, -0.2) is 12.8 Å². The summed E-state index contributed by atoms with van der Waals surface area (Å²) in [5.41, 5.74) is 0.229. The number of aliphatic hydroxyl groups excluding tert-OH is 1. The monoisotopic (exact) mass is 435 g/mol. The van der Waals surface area contributed by atoms with Crippen LogP contribution >= 0.6 is 11.8 Å². The number of aliphatic hydroxyl groups is 1. The summed E-state index contributed by atoms with van der Waals surface area (Å²) in [6.07, 6.45) is 0. The Bertz CT molecular complexity index is 1190. The van der Waals surface area contributed by atoms with Crippen LogP contribution < -0.4 is 9.46 Å². The van der Waals surface area contributed by atoms with Crippen molar-refractivity contribution in [3.05, 3.63) is 66.7 Å². The normalized spacial score (nSPS) is 11.4. The number of sulfonamides is 1. The molecule has 0 aliphatic rings. The van der Waals surface area contributed by atoms with Crippen LogP contribution in [0.2, 0.25) is 0 Å². The Morgan fingerprint density at radius 1 is 1.21 bits per heavy atom. The maximum Gasteiger partial charge on any atom is 0.262 e.